The summed E-state index contributed by atoms with van der Waals surface area (Å²) in [6.07, 6.45) is 4.00. The Kier molecular flexibility index (Phi) is 10.4. The van der Waals surface area contributed by atoms with Gasteiger partial charge in [-0.05, 0) is 97.8 Å². The van der Waals surface area contributed by atoms with Crippen LogP contribution in [0.2, 0.25) is 0 Å². The molecule has 304 valence electrons. The summed E-state index contributed by atoms with van der Waals surface area (Å²) in [6, 6.07) is 68.6. The van der Waals surface area contributed by atoms with Gasteiger partial charge in [-0.2, -0.15) is 0 Å². The molecule has 0 bridgehead atoms. The number of furan rings is 1. The second kappa shape index (κ2) is 16.8. The molecule has 0 aliphatic carbocycles. The van der Waals surface area contributed by atoms with Crippen LogP contribution in [0, 0.1) is 0 Å². The summed E-state index contributed by atoms with van der Waals surface area (Å²) >= 11 is 0. The molecule has 0 amide bonds. The van der Waals surface area contributed by atoms with Gasteiger partial charge in [0.05, 0.1) is 22.1 Å². The molecule has 0 saturated carbocycles. The van der Waals surface area contributed by atoms with Gasteiger partial charge in [-0.1, -0.05) is 147 Å². The highest BCUT2D eigenvalue weighted by atomic mass is 16.3. The van der Waals surface area contributed by atoms with Gasteiger partial charge in [-0.15, -0.1) is 0 Å². The maximum Gasteiger partial charge on any atom is 0.180 e. The van der Waals surface area contributed by atoms with Gasteiger partial charge in [0.2, 0.25) is 0 Å². The molecule has 12 aromatic rings. The van der Waals surface area contributed by atoms with Crippen molar-refractivity contribution in [3.05, 3.63) is 206 Å². The highest BCUT2D eigenvalue weighted by Crippen LogP contribution is 2.40. The van der Waals surface area contributed by atoms with Gasteiger partial charge in [-0.3, -0.25) is 0 Å². The number of rotatable bonds is 5. The van der Waals surface area contributed by atoms with Crippen molar-refractivity contribution in [3.63, 3.8) is 0 Å². The summed E-state index contributed by atoms with van der Waals surface area (Å²) in [6.45, 7) is 8.00. The van der Waals surface area contributed by atoms with E-state index in [0.29, 0.717) is 11.4 Å². The van der Waals surface area contributed by atoms with Crippen molar-refractivity contribution < 1.29 is 4.42 Å². The van der Waals surface area contributed by atoms with Crippen LogP contribution in [0.5, 0.6) is 0 Å². The maximum absolute atomic E-state index is 6.43. The highest BCUT2D eigenvalue weighted by Gasteiger charge is 2.20. The number of hydrogen-bond donors (Lipinski definition) is 0. The molecule has 0 unspecified atom stereocenters. The first-order valence-corrected chi connectivity index (χ1v) is 21.7. The minimum absolute atomic E-state index is 0.674. The van der Waals surface area contributed by atoms with E-state index in [2.05, 4.69) is 155 Å². The number of aromatic nitrogens is 4. The number of benzene rings is 8. The van der Waals surface area contributed by atoms with Crippen LogP contribution in [0.1, 0.15) is 27.7 Å². The van der Waals surface area contributed by atoms with E-state index in [9.17, 15) is 0 Å². The molecule has 4 heterocycles. The molecule has 0 fully saturated rings. The molecule has 4 aromatic heterocycles. The second-order valence-electron chi connectivity index (χ2n) is 15.3. The van der Waals surface area contributed by atoms with Crippen LogP contribution >= 0.6 is 0 Å². The first kappa shape index (κ1) is 39.1. The molecular weight excluding hydrogens is 769 g/mol. The standard InChI is InChI=1S/C52H32N4O.C4H8.C2H6/c1-3-13-34(14-4-1)52-53-49(51-50(54-52)41-19-9-12-22-48(41)57-51)33-23-27-38(28-24-33)56-45-21-11-8-18-40(45)43-32-36(26-30-47(43)56)35-25-29-46-42(31-35)39-17-7-10-20-44(39)55(46)37-15-5-2-6-16-37;1-3-4-2;1-2/h1-32H;3-4H,1-2H3;1-2H3/b;4-3-;. The van der Waals surface area contributed by atoms with E-state index in [1.165, 1.54) is 43.7 Å². The predicted molar refractivity (Wildman–Crippen MR) is 266 cm³/mol. The zero-order chi connectivity index (χ0) is 42.9. The molecule has 0 N–H and O–H groups in total. The highest BCUT2D eigenvalue weighted by molar-refractivity contribution is 6.13. The van der Waals surface area contributed by atoms with Crippen molar-refractivity contribution in [1.82, 2.24) is 19.1 Å². The molecule has 63 heavy (non-hydrogen) atoms. The van der Waals surface area contributed by atoms with E-state index in [1.54, 1.807) is 0 Å². The molecule has 12 rings (SSSR count). The second-order valence-corrected chi connectivity index (χ2v) is 15.3. The number of para-hydroxylation sites is 4. The Morgan fingerprint density at radius 3 is 1.43 bits per heavy atom. The Balaban J connectivity index is 0.000000746. The molecule has 5 heteroatoms. The van der Waals surface area contributed by atoms with Crippen molar-refractivity contribution in [2.24, 2.45) is 0 Å². The molecular formula is C58H46N4O. The molecule has 0 spiro atoms. The third kappa shape index (κ3) is 6.84. The Hall–Kier alpha value is -8.02. The van der Waals surface area contributed by atoms with Crippen LogP contribution < -0.4 is 0 Å². The van der Waals surface area contributed by atoms with Crippen LogP contribution in [0.3, 0.4) is 0 Å². The van der Waals surface area contributed by atoms with Crippen molar-refractivity contribution >= 4 is 65.7 Å². The zero-order valence-electron chi connectivity index (χ0n) is 35.8. The lowest BCUT2D eigenvalue weighted by atomic mass is 10.0. The average molecular weight is 815 g/mol. The quantitative estimate of drug-likeness (QED) is 0.163. The number of allylic oxidation sites excluding steroid dienone is 2. The summed E-state index contributed by atoms with van der Waals surface area (Å²) in [4.78, 5) is 10.1. The third-order valence-electron chi connectivity index (χ3n) is 11.7. The molecule has 0 atom stereocenters. The summed E-state index contributed by atoms with van der Waals surface area (Å²) in [5.41, 5.74) is 14.4. The van der Waals surface area contributed by atoms with E-state index in [4.69, 9.17) is 14.4 Å². The predicted octanol–water partition coefficient (Wildman–Crippen LogP) is 16.2. The number of fused-ring (bicyclic) bond motifs is 9. The smallest absolute Gasteiger partial charge is 0.180 e. The largest absolute Gasteiger partial charge is 0.452 e. The summed E-state index contributed by atoms with van der Waals surface area (Å²) < 4.78 is 11.2. The molecule has 0 aliphatic rings. The Morgan fingerprint density at radius 2 is 0.857 bits per heavy atom. The van der Waals surface area contributed by atoms with E-state index in [0.717, 1.165) is 55.7 Å². The van der Waals surface area contributed by atoms with Crippen molar-refractivity contribution in [1.29, 1.82) is 0 Å². The first-order chi connectivity index (χ1) is 31.2. The fourth-order valence-corrected chi connectivity index (χ4v) is 8.71. The summed E-state index contributed by atoms with van der Waals surface area (Å²) in [5, 5.41) is 5.90. The van der Waals surface area contributed by atoms with Crippen LogP contribution in [0.15, 0.2) is 211 Å². The normalized spacial score (nSPS) is 11.4. The lowest BCUT2D eigenvalue weighted by Crippen LogP contribution is -1.96. The SMILES string of the molecule is C/C=C\C.CC.c1ccc(-c2nc(-c3ccc(-n4c5ccccc5c5cc(-c6ccc7c(c6)c6ccccc6n7-c6ccccc6)ccc54)cc3)c3oc4ccccc4c3n2)cc1. The zero-order valence-corrected chi connectivity index (χ0v) is 35.8. The van der Waals surface area contributed by atoms with E-state index >= 15 is 0 Å². The van der Waals surface area contributed by atoms with E-state index < -0.39 is 0 Å². The monoisotopic (exact) mass is 814 g/mol. The van der Waals surface area contributed by atoms with Crippen molar-refractivity contribution in [2.45, 2.75) is 27.7 Å². The molecule has 0 radical (unpaired) electrons. The Bertz CT molecular complexity index is 3590. The van der Waals surface area contributed by atoms with Crippen molar-refractivity contribution in [2.75, 3.05) is 0 Å². The van der Waals surface area contributed by atoms with Gasteiger partial charge in [-0.25, -0.2) is 9.97 Å². The molecule has 0 aliphatic heterocycles. The Labute approximate surface area is 366 Å². The average Bonchev–Trinajstić information content (AvgIpc) is 4.02. The summed E-state index contributed by atoms with van der Waals surface area (Å²) in [5.74, 6) is 0.674. The number of nitrogens with zero attached hydrogens (tertiary/aromatic N) is 4. The Morgan fingerprint density at radius 1 is 0.397 bits per heavy atom. The lowest BCUT2D eigenvalue weighted by molar-refractivity contribution is 0.667. The lowest BCUT2D eigenvalue weighted by Gasteiger charge is -2.11. The van der Waals surface area contributed by atoms with Gasteiger partial charge in [0.15, 0.2) is 11.4 Å². The van der Waals surface area contributed by atoms with Crippen LogP contribution in [0.25, 0.3) is 111 Å². The van der Waals surface area contributed by atoms with Crippen LogP contribution in [-0.4, -0.2) is 19.1 Å². The third-order valence-corrected chi connectivity index (χ3v) is 11.7. The van der Waals surface area contributed by atoms with Gasteiger partial charge >= 0.3 is 0 Å². The van der Waals surface area contributed by atoms with E-state index in [-0.39, 0.29) is 0 Å². The fraction of sp³-hybridized carbons (Fsp3) is 0.0690. The van der Waals surface area contributed by atoms with Gasteiger partial charge in [0.25, 0.3) is 0 Å². The van der Waals surface area contributed by atoms with Crippen LogP contribution in [0.4, 0.5) is 0 Å². The minimum atomic E-state index is 0.674. The fourth-order valence-electron chi connectivity index (χ4n) is 8.71. The maximum atomic E-state index is 6.43. The van der Waals surface area contributed by atoms with Crippen molar-refractivity contribution in [3.8, 4) is 45.1 Å². The summed E-state index contributed by atoms with van der Waals surface area (Å²) in [7, 11) is 0. The first-order valence-electron chi connectivity index (χ1n) is 21.7. The minimum Gasteiger partial charge on any atom is -0.452 e. The molecule has 5 nitrogen and oxygen atoms in total. The van der Waals surface area contributed by atoms with Gasteiger partial charge in [0, 0.05) is 49.4 Å². The molecule has 8 aromatic carbocycles. The van der Waals surface area contributed by atoms with Crippen LogP contribution in [-0.2, 0) is 0 Å². The van der Waals surface area contributed by atoms with E-state index in [1.807, 2.05) is 88.4 Å². The number of hydrogen-bond acceptors (Lipinski definition) is 3. The van der Waals surface area contributed by atoms with Gasteiger partial charge < -0.3 is 13.6 Å². The topological polar surface area (TPSA) is 48.8 Å². The van der Waals surface area contributed by atoms with Gasteiger partial charge in [0.1, 0.15) is 16.8 Å². The molecule has 0 saturated heterocycles.